The Morgan fingerprint density at radius 1 is 1.03 bits per heavy atom. The molecule has 0 spiro atoms. The summed E-state index contributed by atoms with van der Waals surface area (Å²) in [7, 11) is 0. The molecule has 0 radical (unpaired) electrons. The Balaban J connectivity index is 1.55. The molecule has 0 aliphatic carbocycles. The zero-order valence-electron chi connectivity index (χ0n) is 18.9. The van der Waals surface area contributed by atoms with Gasteiger partial charge in [0.15, 0.2) is 0 Å². The highest BCUT2D eigenvalue weighted by molar-refractivity contribution is 5.94. The lowest BCUT2D eigenvalue weighted by molar-refractivity contribution is -0.120. The van der Waals surface area contributed by atoms with Crippen molar-refractivity contribution in [2.45, 2.75) is 39.2 Å². The Kier molecular flexibility index (Phi) is 9.37. The Morgan fingerprint density at radius 3 is 2.34 bits per heavy atom. The third-order valence-electron chi connectivity index (χ3n) is 4.81. The molecular formula is C22H32F2N4O4. The van der Waals surface area contributed by atoms with Crippen LogP contribution < -0.4 is 10.6 Å². The number of benzene rings is 1. The van der Waals surface area contributed by atoms with Gasteiger partial charge in [-0.05, 0) is 45.9 Å². The summed E-state index contributed by atoms with van der Waals surface area (Å²) in [5.74, 6) is -2.62. The number of carbonyl (C=O) groups excluding carboxylic acids is 3. The number of nitrogens with one attached hydrogen (secondary N) is 2. The molecule has 32 heavy (non-hydrogen) atoms. The summed E-state index contributed by atoms with van der Waals surface area (Å²) in [5, 5.41) is 5.23. The van der Waals surface area contributed by atoms with E-state index in [9.17, 15) is 23.2 Å². The first-order valence-electron chi connectivity index (χ1n) is 10.8. The minimum atomic E-state index is -0.945. The lowest BCUT2D eigenvalue weighted by Crippen LogP contribution is -2.50. The van der Waals surface area contributed by atoms with Crippen molar-refractivity contribution in [3.63, 3.8) is 0 Å². The molecule has 0 saturated carbocycles. The van der Waals surface area contributed by atoms with E-state index in [0.29, 0.717) is 25.7 Å². The summed E-state index contributed by atoms with van der Waals surface area (Å²) in [6.07, 6.45) is 0.521. The highest BCUT2D eigenvalue weighted by Gasteiger charge is 2.25. The van der Waals surface area contributed by atoms with Crippen molar-refractivity contribution in [1.29, 1.82) is 0 Å². The molecule has 10 heteroatoms. The van der Waals surface area contributed by atoms with Gasteiger partial charge in [0, 0.05) is 51.8 Å². The van der Waals surface area contributed by atoms with Crippen LogP contribution in [0.25, 0.3) is 0 Å². The number of halogens is 2. The van der Waals surface area contributed by atoms with E-state index >= 15 is 0 Å². The average Bonchev–Trinajstić information content (AvgIpc) is 2.70. The number of hydrogen-bond donors (Lipinski definition) is 2. The molecule has 0 bridgehead atoms. The zero-order chi connectivity index (χ0) is 23.7. The van der Waals surface area contributed by atoms with Crippen LogP contribution in [0.4, 0.5) is 13.6 Å². The standard InChI is InChI=1S/C22H32F2N4O4/c1-22(2,3)32-21(31)28-13-11-27(12-14-28)10-4-8-25-19(29)7-9-26-20(30)17-6-5-16(23)15-18(17)24/h5-6,15H,4,7-14H2,1-3H3,(H,25,29)(H,26,30). The minimum absolute atomic E-state index is 0.0497. The van der Waals surface area contributed by atoms with E-state index < -0.39 is 23.1 Å². The fraction of sp³-hybridized carbons (Fsp3) is 0.591. The van der Waals surface area contributed by atoms with E-state index in [1.165, 1.54) is 0 Å². The van der Waals surface area contributed by atoms with Crippen LogP contribution in [0.5, 0.6) is 0 Å². The molecule has 0 unspecified atom stereocenters. The van der Waals surface area contributed by atoms with Gasteiger partial charge in [-0.25, -0.2) is 13.6 Å². The first-order chi connectivity index (χ1) is 15.0. The van der Waals surface area contributed by atoms with Gasteiger partial charge in [-0.1, -0.05) is 0 Å². The Labute approximate surface area is 187 Å². The smallest absolute Gasteiger partial charge is 0.410 e. The fourth-order valence-corrected chi connectivity index (χ4v) is 3.16. The number of carbonyl (C=O) groups is 3. The number of nitrogens with zero attached hydrogens (tertiary/aromatic N) is 2. The number of piperazine rings is 1. The molecule has 1 aromatic rings. The maximum atomic E-state index is 13.6. The highest BCUT2D eigenvalue weighted by atomic mass is 19.1. The van der Waals surface area contributed by atoms with E-state index in [4.69, 9.17) is 4.74 Å². The van der Waals surface area contributed by atoms with Crippen molar-refractivity contribution >= 4 is 17.9 Å². The molecule has 1 aliphatic heterocycles. The van der Waals surface area contributed by atoms with Crippen molar-refractivity contribution in [2.24, 2.45) is 0 Å². The Morgan fingerprint density at radius 2 is 1.72 bits per heavy atom. The van der Waals surface area contributed by atoms with Crippen LogP contribution in [0.1, 0.15) is 44.0 Å². The van der Waals surface area contributed by atoms with Crippen LogP contribution in [0.2, 0.25) is 0 Å². The third-order valence-corrected chi connectivity index (χ3v) is 4.81. The molecule has 3 amide bonds. The number of ether oxygens (including phenoxy) is 1. The van der Waals surface area contributed by atoms with Crippen molar-refractivity contribution in [2.75, 3.05) is 45.8 Å². The topological polar surface area (TPSA) is 91.0 Å². The van der Waals surface area contributed by atoms with Gasteiger partial charge < -0.3 is 20.3 Å². The summed E-state index contributed by atoms with van der Waals surface area (Å²) in [6.45, 7) is 9.57. The normalized spacial score (nSPS) is 14.7. The van der Waals surface area contributed by atoms with Crippen molar-refractivity contribution in [3.05, 3.63) is 35.4 Å². The largest absolute Gasteiger partial charge is 0.444 e. The minimum Gasteiger partial charge on any atom is -0.444 e. The first kappa shape index (κ1) is 25.5. The molecule has 1 saturated heterocycles. The maximum Gasteiger partial charge on any atom is 0.410 e. The van der Waals surface area contributed by atoms with E-state index in [1.54, 1.807) is 4.90 Å². The fourth-order valence-electron chi connectivity index (χ4n) is 3.16. The highest BCUT2D eigenvalue weighted by Crippen LogP contribution is 2.12. The van der Waals surface area contributed by atoms with Gasteiger partial charge in [-0.15, -0.1) is 0 Å². The van der Waals surface area contributed by atoms with Crippen LogP contribution in [0, 0.1) is 11.6 Å². The second-order valence-electron chi connectivity index (χ2n) is 8.64. The Hall–Kier alpha value is -2.75. The van der Waals surface area contributed by atoms with Crippen LogP contribution in [0.3, 0.4) is 0 Å². The van der Waals surface area contributed by atoms with Gasteiger partial charge in [0.25, 0.3) is 5.91 Å². The van der Waals surface area contributed by atoms with Crippen molar-refractivity contribution in [1.82, 2.24) is 20.4 Å². The molecule has 8 nitrogen and oxygen atoms in total. The molecule has 1 aromatic carbocycles. The predicted octanol–water partition coefficient (Wildman–Crippen LogP) is 2.14. The average molecular weight is 455 g/mol. The quantitative estimate of drug-likeness (QED) is 0.588. The molecule has 1 aliphatic rings. The SMILES string of the molecule is CC(C)(C)OC(=O)N1CCN(CCCNC(=O)CCNC(=O)c2ccc(F)cc2F)CC1. The molecule has 2 N–H and O–H groups in total. The maximum absolute atomic E-state index is 13.6. The molecule has 1 heterocycles. The van der Waals surface area contributed by atoms with E-state index in [2.05, 4.69) is 15.5 Å². The van der Waals surface area contributed by atoms with Gasteiger partial charge >= 0.3 is 6.09 Å². The molecule has 178 valence electrons. The lowest BCUT2D eigenvalue weighted by atomic mass is 10.2. The molecule has 2 rings (SSSR count). The van der Waals surface area contributed by atoms with Crippen LogP contribution in [-0.4, -0.2) is 79.1 Å². The van der Waals surface area contributed by atoms with Crippen LogP contribution >= 0.6 is 0 Å². The van der Waals surface area contributed by atoms with Gasteiger partial charge in [0.05, 0.1) is 5.56 Å². The zero-order valence-corrected chi connectivity index (χ0v) is 18.9. The second-order valence-corrected chi connectivity index (χ2v) is 8.64. The summed E-state index contributed by atoms with van der Waals surface area (Å²) >= 11 is 0. The number of rotatable bonds is 8. The van der Waals surface area contributed by atoms with Crippen LogP contribution in [0.15, 0.2) is 18.2 Å². The van der Waals surface area contributed by atoms with E-state index in [0.717, 1.165) is 38.2 Å². The van der Waals surface area contributed by atoms with E-state index in [1.807, 2.05) is 20.8 Å². The Bertz CT molecular complexity index is 806. The summed E-state index contributed by atoms with van der Waals surface area (Å²) in [4.78, 5) is 39.8. The van der Waals surface area contributed by atoms with Gasteiger partial charge in [0.2, 0.25) is 5.91 Å². The number of hydrogen-bond acceptors (Lipinski definition) is 5. The predicted molar refractivity (Wildman–Crippen MR) is 115 cm³/mol. The van der Waals surface area contributed by atoms with Gasteiger partial charge in [0.1, 0.15) is 17.2 Å². The van der Waals surface area contributed by atoms with Crippen molar-refractivity contribution < 1.29 is 27.9 Å². The monoisotopic (exact) mass is 454 g/mol. The third kappa shape index (κ3) is 8.78. The first-order valence-corrected chi connectivity index (χ1v) is 10.8. The molecule has 0 atom stereocenters. The summed E-state index contributed by atoms with van der Waals surface area (Å²) < 4.78 is 31.8. The van der Waals surface area contributed by atoms with E-state index in [-0.39, 0.29) is 30.5 Å². The van der Waals surface area contributed by atoms with Gasteiger partial charge in [-0.2, -0.15) is 0 Å². The van der Waals surface area contributed by atoms with Crippen molar-refractivity contribution in [3.8, 4) is 0 Å². The van der Waals surface area contributed by atoms with Crippen LogP contribution in [-0.2, 0) is 9.53 Å². The molecule has 0 aromatic heterocycles. The summed E-state index contributed by atoms with van der Waals surface area (Å²) in [5.41, 5.74) is -0.773. The molecular weight excluding hydrogens is 422 g/mol. The van der Waals surface area contributed by atoms with Gasteiger partial charge in [-0.3, -0.25) is 14.5 Å². The molecule has 1 fully saturated rings. The summed E-state index contributed by atoms with van der Waals surface area (Å²) in [6, 6.07) is 2.70. The second kappa shape index (κ2) is 11.8. The number of amides is 3. The lowest BCUT2D eigenvalue weighted by Gasteiger charge is -2.35.